The van der Waals surface area contributed by atoms with Crippen LogP contribution in [0.5, 0.6) is 0 Å². The molecule has 0 atom stereocenters. The molecule has 92 valence electrons. The molecule has 0 aliphatic carbocycles. The Balaban J connectivity index is 3.79. The number of allylic oxidation sites excluding steroid dienone is 15. The second-order valence-electron chi connectivity index (χ2n) is 3.27. The quantitative estimate of drug-likeness (QED) is 0.398. The highest BCUT2D eigenvalue weighted by Gasteiger charge is 1.74. The summed E-state index contributed by atoms with van der Waals surface area (Å²) in [5.41, 5.74) is 0. The molecule has 0 unspecified atom stereocenters. The predicted molar refractivity (Wildman–Crippen MR) is 83.1 cm³/mol. The first kappa shape index (κ1) is 15.8. The zero-order valence-corrected chi connectivity index (χ0v) is 11.0. The smallest absolute Gasteiger partial charge is 0.0991 e. The largest absolute Gasteiger partial charge is 0.154 e. The van der Waals surface area contributed by atoms with Gasteiger partial charge in [0.25, 0.3) is 0 Å². The number of rotatable bonds is 8. The zero-order valence-electron chi connectivity index (χ0n) is 11.0. The second kappa shape index (κ2) is 14.8. The predicted octanol–water partition coefficient (Wildman–Crippen LogP) is 5.28. The number of hydrogen-bond donors (Lipinski definition) is 0. The summed E-state index contributed by atoms with van der Waals surface area (Å²) >= 11 is 0. The SMILES string of the molecule is C=CC=CC=CC=CC=CC=CC=CC=[C+]CC. The van der Waals surface area contributed by atoms with E-state index >= 15 is 0 Å². The molecule has 0 bridgehead atoms. The maximum absolute atomic E-state index is 3.59. The van der Waals surface area contributed by atoms with Crippen LogP contribution in [-0.4, -0.2) is 0 Å². The third-order valence-electron chi connectivity index (χ3n) is 1.78. The van der Waals surface area contributed by atoms with Crippen molar-refractivity contribution in [3.63, 3.8) is 0 Å². The Labute approximate surface area is 111 Å². The summed E-state index contributed by atoms with van der Waals surface area (Å²) in [6.07, 6.45) is 31.3. The first-order valence-corrected chi connectivity index (χ1v) is 6.09. The molecule has 0 N–H and O–H groups in total. The van der Waals surface area contributed by atoms with Gasteiger partial charge in [-0.1, -0.05) is 67.3 Å². The molecular weight excluding hydrogens is 216 g/mol. The summed E-state index contributed by atoms with van der Waals surface area (Å²) in [4.78, 5) is 0. The molecule has 0 heteroatoms. The molecule has 0 fully saturated rings. The van der Waals surface area contributed by atoms with E-state index in [2.05, 4.69) is 19.6 Å². The van der Waals surface area contributed by atoms with Crippen LogP contribution in [0, 0.1) is 6.08 Å². The van der Waals surface area contributed by atoms with E-state index in [0.717, 1.165) is 6.42 Å². The van der Waals surface area contributed by atoms with E-state index in [4.69, 9.17) is 0 Å². The topological polar surface area (TPSA) is 0 Å². The minimum atomic E-state index is 0.953. The van der Waals surface area contributed by atoms with Crippen LogP contribution in [-0.2, 0) is 0 Å². The first-order chi connectivity index (χ1) is 8.91. The van der Waals surface area contributed by atoms with Gasteiger partial charge in [0.15, 0.2) is 6.08 Å². The standard InChI is InChI=1S/C18H21/c1-3-5-7-9-11-13-15-17-18-16-14-12-10-8-6-4-2/h3,5,7-18H,1,4H2,2H3/q+1. The van der Waals surface area contributed by atoms with Crippen LogP contribution >= 0.6 is 0 Å². The molecule has 0 radical (unpaired) electrons. The summed E-state index contributed by atoms with van der Waals surface area (Å²) in [5.74, 6) is 0. The van der Waals surface area contributed by atoms with E-state index in [1.165, 1.54) is 0 Å². The van der Waals surface area contributed by atoms with E-state index in [1.807, 2.05) is 79.0 Å². The van der Waals surface area contributed by atoms with Crippen LogP contribution in [0.1, 0.15) is 13.3 Å². The van der Waals surface area contributed by atoms with Gasteiger partial charge in [0.2, 0.25) is 0 Å². The Morgan fingerprint density at radius 3 is 1.44 bits per heavy atom. The number of hydrogen-bond acceptors (Lipinski definition) is 0. The molecule has 0 rings (SSSR count). The van der Waals surface area contributed by atoms with Gasteiger partial charge in [-0.05, 0) is 13.0 Å². The van der Waals surface area contributed by atoms with Gasteiger partial charge in [-0.3, -0.25) is 0 Å². The molecule has 0 aromatic heterocycles. The van der Waals surface area contributed by atoms with Crippen molar-refractivity contribution in [1.29, 1.82) is 0 Å². The molecule has 0 aliphatic rings. The lowest BCUT2D eigenvalue weighted by molar-refractivity contribution is 1.19. The lowest BCUT2D eigenvalue weighted by Crippen LogP contribution is -1.54. The molecule has 0 saturated heterocycles. The highest BCUT2D eigenvalue weighted by molar-refractivity contribution is 5.20. The van der Waals surface area contributed by atoms with Crippen molar-refractivity contribution in [1.82, 2.24) is 0 Å². The molecule has 0 aromatic carbocycles. The van der Waals surface area contributed by atoms with E-state index in [1.54, 1.807) is 6.08 Å². The fourth-order valence-corrected chi connectivity index (χ4v) is 0.962. The van der Waals surface area contributed by atoms with E-state index in [-0.39, 0.29) is 0 Å². The average Bonchev–Trinajstić information content (AvgIpc) is 2.39. The van der Waals surface area contributed by atoms with Crippen LogP contribution in [0.25, 0.3) is 0 Å². The molecule has 18 heavy (non-hydrogen) atoms. The van der Waals surface area contributed by atoms with Crippen LogP contribution in [0.2, 0.25) is 0 Å². The average molecular weight is 237 g/mol. The highest BCUT2D eigenvalue weighted by Crippen LogP contribution is 1.86. The van der Waals surface area contributed by atoms with Gasteiger partial charge in [-0.15, -0.1) is 0 Å². The van der Waals surface area contributed by atoms with Crippen molar-refractivity contribution in [2.75, 3.05) is 0 Å². The lowest BCUT2D eigenvalue weighted by atomic mass is 10.3. The van der Waals surface area contributed by atoms with Gasteiger partial charge in [0, 0.05) is 6.08 Å². The molecule has 0 nitrogen and oxygen atoms in total. The molecule has 0 aromatic rings. The Bertz CT molecular complexity index is 382. The fourth-order valence-electron chi connectivity index (χ4n) is 0.962. The zero-order chi connectivity index (χ0) is 13.3. The van der Waals surface area contributed by atoms with Crippen molar-refractivity contribution in [3.05, 3.63) is 97.7 Å². The Hall–Kier alpha value is -2.17. The summed E-state index contributed by atoms with van der Waals surface area (Å²) in [6.45, 7) is 5.66. The van der Waals surface area contributed by atoms with Crippen molar-refractivity contribution >= 4 is 0 Å². The van der Waals surface area contributed by atoms with Gasteiger partial charge < -0.3 is 0 Å². The van der Waals surface area contributed by atoms with E-state index < -0.39 is 0 Å². The third-order valence-corrected chi connectivity index (χ3v) is 1.78. The Morgan fingerprint density at radius 1 is 0.667 bits per heavy atom. The van der Waals surface area contributed by atoms with Crippen LogP contribution < -0.4 is 0 Å². The van der Waals surface area contributed by atoms with Crippen LogP contribution in [0.15, 0.2) is 91.6 Å². The maximum atomic E-state index is 3.59. The summed E-state index contributed by atoms with van der Waals surface area (Å²) < 4.78 is 0. The Kier molecular flexibility index (Phi) is 13.0. The first-order valence-electron chi connectivity index (χ1n) is 6.09. The minimum absolute atomic E-state index is 0.953. The highest BCUT2D eigenvalue weighted by atomic mass is 13.7. The monoisotopic (exact) mass is 237 g/mol. The molecule has 0 spiro atoms. The van der Waals surface area contributed by atoms with Crippen molar-refractivity contribution in [2.24, 2.45) is 0 Å². The lowest BCUT2D eigenvalue weighted by Gasteiger charge is -1.73. The van der Waals surface area contributed by atoms with Gasteiger partial charge in [0.05, 0.1) is 18.6 Å². The molecule has 0 aliphatic heterocycles. The maximum Gasteiger partial charge on any atom is 0.154 e. The van der Waals surface area contributed by atoms with Crippen molar-refractivity contribution in [3.8, 4) is 0 Å². The Morgan fingerprint density at radius 2 is 1.06 bits per heavy atom. The van der Waals surface area contributed by atoms with E-state index in [0.29, 0.717) is 0 Å². The van der Waals surface area contributed by atoms with Crippen molar-refractivity contribution in [2.45, 2.75) is 13.3 Å². The molecule has 0 amide bonds. The minimum Gasteiger partial charge on any atom is -0.0991 e. The summed E-state index contributed by atoms with van der Waals surface area (Å²) in [5, 5.41) is 0. The molecular formula is C18H21+. The fraction of sp³-hybridized carbons (Fsp3) is 0.111. The van der Waals surface area contributed by atoms with Gasteiger partial charge in [0.1, 0.15) is 0 Å². The van der Waals surface area contributed by atoms with Crippen LogP contribution in [0.4, 0.5) is 0 Å². The summed E-state index contributed by atoms with van der Waals surface area (Å²) in [7, 11) is 0. The third kappa shape index (κ3) is 13.8. The normalized spacial score (nSPS) is 13.4. The van der Waals surface area contributed by atoms with Gasteiger partial charge in [-0.2, -0.15) is 0 Å². The second-order valence-corrected chi connectivity index (χ2v) is 3.27. The van der Waals surface area contributed by atoms with Gasteiger partial charge >= 0.3 is 0 Å². The molecule has 0 saturated carbocycles. The molecule has 0 heterocycles. The summed E-state index contributed by atoms with van der Waals surface area (Å²) in [6, 6.07) is 0. The van der Waals surface area contributed by atoms with Gasteiger partial charge in [-0.25, -0.2) is 0 Å². The van der Waals surface area contributed by atoms with E-state index in [9.17, 15) is 0 Å². The van der Waals surface area contributed by atoms with Crippen molar-refractivity contribution < 1.29 is 0 Å². The van der Waals surface area contributed by atoms with Crippen LogP contribution in [0.3, 0.4) is 0 Å².